The van der Waals surface area contributed by atoms with Gasteiger partial charge in [0, 0.05) is 0 Å². The van der Waals surface area contributed by atoms with Crippen LogP contribution in [0.2, 0.25) is 5.02 Å². The quantitative estimate of drug-likeness (QED) is 0.350. The molecule has 0 radical (unpaired) electrons. The van der Waals surface area contributed by atoms with Gasteiger partial charge in [0.15, 0.2) is 0 Å². The molecule has 2 aromatic carbocycles. The molecule has 0 unspecified atom stereocenters. The summed E-state index contributed by atoms with van der Waals surface area (Å²) in [6.07, 6.45) is 0. The molecule has 0 aliphatic heterocycles. The molecule has 0 saturated carbocycles. The van der Waals surface area contributed by atoms with Crippen LogP contribution in [-0.4, -0.2) is 20.6 Å². The number of hydrogen-bond acceptors (Lipinski definition) is 2. The summed E-state index contributed by atoms with van der Waals surface area (Å²) in [5.41, 5.74) is 3.40. The van der Waals surface area contributed by atoms with Gasteiger partial charge in [-0.1, -0.05) is 0 Å². The van der Waals surface area contributed by atoms with E-state index in [4.69, 9.17) is 11.6 Å². The van der Waals surface area contributed by atoms with E-state index in [1.54, 1.807) is 11.3 Å². The Bertz CT molecular complexity index is 826. The molecule has 1 heterocycles. The maximum absolute atomic E-state index is 5.93. The molecule has 0 amide bonds. The molecular formula is C18H15ClN2SSe. The van der Waals surface area contributed by atoms with E-state index >= 15 is 0 Å². The number of aryl methyl sites for hydroxylation is 1. The second-order valence-corrected chi connectivity index (χ2v) is 7.25. The van der Waals surface area contributed by atoms with Crippen LogP contribution < -0.4 is 4.57 Å². The first kappa shape index (κ1) is 16.4. The molecule has 0 fully saturated rings. The minimum absolute atomic E-state index is 0.719. The molecule has 0 saturated heterocycles. The van der Waals surface area contributed by atoms with Crippen LogP contribution in [0.25, 0.3) is 0 Å². The van der Waals surface area contributed by atoms with E-state index in [9.17, 15) is 0 Å². The van der Waals surface area contributed by atoms with Gasteiger partial charge in [0.05, 0.1) is 0 Å². The van der Waals surface area contributed by atoms with Crippen molar-refractivity contribution in [3.8, 4) is 0 Å². The van der Waals surface area contributed by atoms with Crippen molar-refractivity contribution in [2.24, 2.45) is 4.99 Å². The third-order valence-corrected chi connectivity index (χ3v) is 5.67. The minimum atomic E-state index is 0.719. The Balaban J connectivity index is 1.92. The third kappa shape index (κ3) is 4.10. The van der Waals surface area contributed by atoms with E-state index in [-0.39, 0.29) is 0 Å². The Hall–Kier alpha value is -1.45. The first-order valence-electron chi connectivity index (χ1n) is 7.17. The van der Waals surface area contributed by atoms with Crippen molar-refractivity contribution in [1.82, 2.24) is 0 Å². The number of thiazole rings is 1. The third-order valence-electron chi connectivity index (χ3n) is 3.44. The zero-order valence-electron chi connectivity index (χ0n) is 12.6. The number of nitrogens with zero attached hydrogens (tertiary/aromatic N) is 2. The van der Waals surface area contributed by atoms with Crippen LogP contribution in [0.1, 0.15) is 16.3 Å². The van der Waals surface area contributed by atoms with Gasteiger partial charge in [0.2, 0.25) is 0 Å². The molecule has 0 spiro atoms. The van der Waals surface area contributed by atoms with Crippen molar-refractivity contribution in [1.29, 1.82) is 0 Å². The van der Waals surface area contributed by atoms with E-state index < -0.39 is 0 Å². The first-order chi connectivity index (χ1) is 11.1. The van der Waals surface area contributed by atoms with Crippen molar-refractivity contribution in [3.63, 3.8) is 0 Å². The fraction of sp³-hybridized carbons (Fsp3) is 0.111. The summed E-state index contributed by atoms with van der Waals surface area (Å²) in [5, 5.41) is 4.01. The molecule has 3 aromatic rings. The summed E-state index contributed by atoms with van der Waals surface area (Å²) in [5.74, 6) is 0. The molecule has 0 bridgehead atoms. The molecule has 23 heavy (non-hydrogen) atoms. The number of hydrogen-bond donors (Lipinski definition) is 0. The SMILES string of the molecule is Cc1csc(C([Se-])=Nc2ccc(Cl)cc2)[n+]1Cc1ccccc1. The molecule has 0 N–H and O–H groups in total. The fourth-order valence-corrected chi connectivity index (χ4v) is 4.01. The molecule has 0 aliphatic carbocycles. The van der Waals surface area contributed by atoms with Crippen LogP contribution in [0.15, 0.2) is 65.0 Å². The fourth-order valence-electron chi connectivity index (χ4n) is 2.24. The standard InChI is InChI=1S/C18H15ClN2SSe/c1-13-12-22-18(21(13)11-14-5-3-2-4-6-14)17(23)20-16-9-7-15(19)8-10-16/h2-10,12H,11H2,1H3. The van der Waals surface area contributed by atoms with Gasteiger partial charge in [-0.25, -0.2) is 0 Å². The maximum atomic E-state index is 5.93. The van der Waals surface area contributed by atoms with Crippen molar-refractivity contribution in [2.75, 3.05) is 0 Å². The Morgan fingerprint density at radius 2 is 1.83 bits per heavy atom. The molecule has 116 valence electrons. The van der Waals surface area contributed by atoms with Gasteiger partial charge < -0.3 is 0 Å². The Kier molecular flexibility index (Phi) is 5.29. The van der Waals surface area contributed by atoms with Crippen molar-refractivity contribution >= 4 is 49.2 Å². The van der Waals surface area contributed by atoms with Gasteiger partial charge in [-0.3, -0.25) is 0 Å². The summed E-state index contributed by atoms with van der Waals surface area (Å²) in [7, 11) is 0. The molecular weight excluding hydrogens is 391 g/mol. The van der Waals surface area contributed by atoms with Crippen LogP contribution in [0.3, 0.4) is 0 Å². The second kappa shape index (κ2) is 7.41. The number of halogens is 1. The Labute approximate surface area is 153 Å². The number of aliphatic imine (C=N–C) groups is 1. The average molecular weight is 406 g/mol. The predicted octanol–water partition coefficient (Wildman–Crippen LogP) is 4.29. The van der Waals surface area contributed by atoms with Crippen molar-refractivity contribution in [2.45, 2.75) is 13.5 Å². The van der Waals surface area contributed by atoms with Crippen LogP contribution in [0.4, 0.5) is 5.69 Å². The van der Waals surface area contributed by atoms with E-state index in [0.717, 1.165) is 26.9 Å². The predicted molar refractivity (Wildman–Crippen MR) is 98.2 cm³/mol. The average Bonchev–Trinajstić information content (AvgIpc) is 2.92. The van der Waals surface area contributed by atoms with E-state index in [1.807, 2.05) is 30.3 Å². The van der Waals surface area contributed by atoms with Crippen LogP contribution in [0.5, 0.6) is 0 Å². The summed E-state index contributed by atoms with van der Waals surface area (Å²) >= 11 is 10.7. The summed E-state index contributed by atoms with van der Waals surface area (Å²) in [6.45, 7) is 2.96. The summed E-state index contributed by atoms with van der Waals surface area (Å²) < 4.78 is 3.17. The number of aromatic nitrogens is 1. The zero-order valence-corrected chi connectivity index (χ0v) is 15.9. The molecule has 0 atom stereocenters. The molecule has 2 nitrogen and oxygen atoms in total. The van der Waals surface area contributed by atoms with Crippen LogP contribution in [0, 0.1) is 6.92 Å². The van der Waals surface area contributed by atoms with E-state index in [0.29, 0.717) is 0 Å². The molecule has 3 rings (SSSR count). The first-order valence-corrected chi connectivity index (χ1v) is 9.28. The van der Waals surface area contributed by atoms with Gasteiger partial charge in [-0.2, -0.15) is 0 Å². The van der Waals surface area contributed by atoms with Gasteiger partial charge >= 0.3 is 154 Å². The van der Waals surface area contributed by atoms with Gasteiger partial charge in [0.1, 0.15) is 0 Å². The number of benzene rings is 2. The Morgan fingerprint density at radius 3 is 2.52 bits per heavy atom. The normalized spacial score (nSPS) is 11.7. The van der Waals surface area contributed by atoms with Gasteiger partial charge in [-0.15, -0.1) is 0 Å². The van der Waals surface area contributed by atoms with Gasteiger partial charge in [-0.05, 0) is 0 Å². The number of rotatable bonds is 4. The topological polar surface area (TPSA) is 16.2 Å². The molecule has 1 aromatic heterocycles. The summed E-state index contributed by atoms with van der Waals surface area (Å²) in [6, 6.07) is 18.0. The van der Waals surface area contributed by atoms with E-state index in [2.05, 4.69) is 62.1 Å². The molecule has 0 aliphatic rings. The van der Waals surface area contributed by atoms with E-state index in [1.165, 1.54) is 11.3 Å². The van der Waals surface area contributed by atoms with Crippen LogP contribution in [-0.2, 0) is 6.54 Å². The van der Waals surface area contributed by atoms with Crippen molar-refractivity contribution in [3.05, 3.63) is 81.3 Å². The van der Waals surface area contributed by atoms with Crippen molar-refractivity contribution < 1.29 is 4.57 Å². The zero-order chi connectivity index (χ0) is 16.2. The monoisotopic (exact) mass is 406 g/mol. The van der Waals surface area contributed by atoms with Crippen LogP contribution >= 0.6 is 22.9 Å². The van der Waals surface area contributed by atoms with Gasteiger partial charge in [0.25, 0.3) is 0 Å². The Morgan fingerprint density at radius 1 is 1.13 bits per heavy atom. The second-order valence-electron chi connectivity index (χ2n) is 5.15. The summed E-state index contributed by atoms with van der Waals surface area (Å²) in [4.78, 5) is 4.68. The molecule has 5 heteroatoms.